The number of anilines is 2. The lowest BCUT2D eigenvalue weighted by atomic mass is 10.2. The standard InChI is InChI=1S/C18H17BrClN3O2/c19-13-3-1-5-15(11-13)21-17(24)18(25)23-9-7-22(8-10-23)16-6-2-4-14(20)12-16/h1-6,11-12H,7-10H2,(H,21,24). The van der Waals surface area contributed by atoms with E-state index >= 15 is 0 Å². The van der Waals surface area contributed by atoms with Crippen LogP contribution in [0.5, 0.6) is 0 Å². The topological polar surface area (TPSA) is 52.7 Å². The number of amides is 2. The number of carbonyl (C=O) groups is 2. The fourth-order valence-electron chi connectivity index (χ4n) is 2.73. The van der Waals surface area contributed by atoms with Crippen LogP contribution < -0.4 is 10.2 Å². The predicted molar refractivity (Wildman–Crippen MR) is 103 cm³/mol. The molecule has 1 aliphatic heterocycles. The van der Waals surface area contributed by atoms with Crippen molar-refractivity contribution in [3.05, 3.63) is 58.0 Å². The third-order valence-electron chi connectivity index (χ3n) is 4.02. The normalized spacial score (nSPS) is 14.3. The Morgan fingerprint density at radius 1 is 1.00 bits per heavy atom. The second-order valence-corrected chi connectivity index (χ2v) is 7.08. The number of hydrogen-bond donors (Lipinski definition) is 1. The molecule has 1 heterocycles. The van der Waals surface area contributed by atoms with Crippen molar-refractivity contribution in [2.75, 3.05) is 36.4 Å². The van der Waals surface area contributed by atoms with Crippen molar-refractivity contribution in [3.8, 4) is 0 Å². The third-order valence-corrected chi connectivity index (χ3v) is 4.75. The second kappa shape index (κ2) is 7.89. The number of benzene rings is 2. The van der Waals surface area contributed by atoms with Crippen molar-refractivity contribution in [1.82, 2.24) is 4.90 Å². The van der Waals surface area contributed by atoms with E-state index < -0.39 is 11.8 Å². The molecule has 2 amide bonds. The maximum Gasteiger partial charge on any atom is 0.313 e. The van der Waals surface area contributed by atoms with Crippen LogP contribution in [0.1, 0.15) is 0 Å². The summed E-state index contributed by atoms with van der Waals surface area (Å²) in [6.45, 7) is 2.32. The first-order chi connectivity index (χ1) is 12.0. The van der Waals surface area contributed by atoms with Gasteiger partial charge < -0.3 is 15.1 Å². The number of nitrogens with zero attached hydrogens (tertiary/aromatic N) is 2. The zero-order chi connectivity index (χ0) is 17.8. The molecule has 0 saturated carbocycles. The van der Waals surface area contributed by atoms with Crippen molar-refractivity contribution in [3.63, 3.8) is 0 Å². The summed E-state index contributed by atoms with van der Waals surface area (Å²) in [5.41, 5.74) is 1.61. The number of hydrogen-bond acceptors (Lipinski definition) is 3. The van der Waals surface area contributed by atoms with Gasteiger partial charge in [-0.2, -0.15) is 0 Å². The van der Waals surface area contributed by atoms with Gasteiger partial charge in [-0.05, 0) is 36.4 Å². The molecule has 3 rings (SSSR count). The SMILES string of the molecule is O=C(Nc1cccc(Br)c1)C(=O)N1CCN(c2cccc(Cl)c2)CC1. The summed E-state index contributed by atoms with van der Waals surface area (Å²) in [6, 6.07) is 14.8. The lowest BCUT2D eigenvalue weighted by Crippen LogP contribution is -2.51. The summed E-state index contributed by atoms with van der Waals surface area (Å²) in [7, 11) is 0. The van der Waals surface area contributed by atoms with Gasteiger partial charge in [0.2, 0.25) is 0 Å². The number of piperazine rings is 1. The van der Waals surface area contributed by atoms with Crippen molar-refractivity contribution in [2.45, 2.75) is 0 Å². The van der Waals surface area contributed by atoms with Gasteiger partial charge in [0.25, 0.3) is 0 Å². The summed E-state index contributed by atoms with van der Waals surface area (Å²) >= 11 is 9.36. The highest BCUT2D eigenvalue weighted by Crippen LogP contribution is 2.21. The van der Waals surface area contributed by atoms with E-state index in [9.17, 15) is 9.59 Å². The molecule has 1 saturated heterocycles. The molecule has 0 radical (unpaired) electrons. The van der Waals surface area contributed by atoms with Crippen LogP contribution in [0.25, 0.3) is 0 Å². The Morgan fingerprint density at radius 2 is 1.72 bits per heavy atom. The first-order valence-corrected chi connectivity index (χ1v) is 9.06. The van der Waals surface area contributed by atoms with Crippen LogP contribution in [-0.2, 0) is 9.59 Å². The highest BCUT2D eigenvalue weighted by Gasteiger charge is 2.26. The minimum Gasteiger partial charge on any atom is -0.368 e. The van der Waals surface area contributed by atoms with Crippen LogP contribution in [0.15, 0.2) is 53.0 Å². The minimum atomic E-state index is -0.616. The zero-order valence-corrected chi connectivity index (χ0v) is 15.8. The van der Waals surface area contributed by atoms with Crippen molar-refractivity contribution >= 4 is 50.7 Å². The number of rotatable bonds is 2. The van der Waals surface area contributed by atoms with E-state index in [2.05, 4.69) is 26.1 Å². The van der Waals surface area contributed by atoms with Gasteiger partial charge in [0.15, 0.2) is 0 Å². The molecular weight excluding hydrogens is 406 g/mol. The Hall–Kier alpha value is -2.05. The molecule has 1 N–H and O–H groups in total. The Morgan fingerprint density at radius 3 is 2.40 bits per heavy atom. The first kappa shape index (κ1) is 17.8. The van der Waals surface area contributed by atoms with E-state index in [-0.39, 0.29) is 0 Å². The van der Waals surface area contributed by atoms with Crippen molar-refractivity contribution < 1.29 is 9.59 Å². The van der Waals surface area contributed by atoms with Gasteiger partial charge in [-0.1, -0.05) is 39.7 Å². The van der Waals surface area contributed by atoms with Crippen LogP contribution in [0.4, 0.5) is 11.4 Å². The van der Waals surface area contributed by atoms with E-state index in [0.717, 1.165) is 10.2 Å². The van der Waals surface area contributed by atoms with E-state index in [1.54, 1.807) is 23.1 Å². The highest BCUT2D eigenvalue weighted by molar-refractivity contribution is 9.10. The van der Waals surface area contributed by atoms with Crippen molar-refractivity contribution in [2.24, 2.45) is 0 Å². The molecular formula is C18H17BrClN3O2. The van der Waals surface area contributed by atoms with Crippen LogP contribution in [0.3, 0.4) is 0 Å². The summed E-state index contributed by atoms with van der Waals surface area (Å²) < 4.78 is 0.841. The van der Waals surface area contributed by atoms with Crippen molar-refractivity contribution in [1.29, 1.82) is 0 Å². The van der Waals surface area contributed by atoms with Gasteiger partial charge in [0.1, 0.15) is 0 Å². The number of nitrogens with one attached hydrogen (secondary N) is 1. The van der Waals surface area contributed by atoms with Gasteiger partial charge in [0.05, 0.1) is 0 Å². The molecule has 1 fully saturated rings. The minimum absolute atomic E-state index is 0.497. The lowest BCUT2D eigenvalue weighted by molar-refractivity contribution is -0.143. The molecule has 0 aliphatic carbocycles. The third kappa shape index (κ3) is 4.52. The number of carbonyl (C=O) groups excluding carboxylic acids is 2. The molecule has 0 bridgehead atoms. The second-order valence-electron chi connectivity index (χ2n) is 5.72. The van der Waals surface area contributed by atoms with E-state index in [1.165, 1.54) is 0 Å². The van der Waals surface area contributed by atoms with Crippen LogP contribution >= 0.6 is 27.5 Å². The van der Waals surface area contributed by atoms with Gasteiger partial charge >= 0.3 is 11.8 Å². The molecule has 130 valence electrons. The van der Waals surface area contributed by atoms with Crippen LogP contribution in [-0.4, -0.2) is 42.9 Å². The molecule has 0 aromatic heterocycles. The maximum atomic E-state index is 12.3. The van der Waals surface area contributed by atoms with Gasteiger partial charge in [-0.3, -0.25) is 9.59 Å². The zero-order valence-electron chi connectivity index (χ0n) is 13.4. The Bertz CT molecular complexity index is 791. The molecule has 0 spiro atoms. The Labute approximate surface area is 159 Å². The summed E-state index contributed by atoms with van der Waals surface area (Å²) in [4.78, 5) is 28.3. The average Bonchev–Trinajstić information content (AvgIpc) is 2.61. The van der Waals surface area contributed by atoms with Gasteiger partial charge in [-0.15, -0.1) is 0 Å². The predicted octanol–water partition coefficient (Wildman–Crippen LogP) is 3.39. The molecule has 25 heavy (non-hydrogen) atoms. The highest BCUT2D eigenvalue weighted by atomic mass is 79.9. The van der Waals surface area contributed by atoms with Crippen LogP contribution in [0, 0.1) is 0 Å². The van der Waals surface area contributed by atoms with Gasteiger partial charge in [-0.25, -0.2) is 0 Å². The molecule has 0 atom stereocenters. The molecule has 7 heteroatoms. The van der Waals surface area contributed by atoms with E-state index in [1.807, 2.05) is 30.3 Å². The Balaban J connectivity index is 1.57. The molecule has 2 aromatic carbocycles. The fourth-order valence-corrected chi connectivity index (χ4v) is 3.32. The summed E-state index contributed by atoms with van der Waals surface area (Å²) in [5, 5.41) is 3.32. The molecule has 1 aliphatic rings. The molecule has 2 aromatic rings. The quantitative estimate of drug-likeness (QED) is 0.755. The largest absolute Gasteiger partial charge is 0.368 e. The summed E-state index contributed by atoms with van der Waals surface area (Å²) in [5.74, 6) is -1.12. The summed E-state index contributed by atoms with van der Waals surface area (Å²) in [6.07, 6.45) is 0. The average molecular weight is 423 g/mol. The monoisotopic (exact) mass is 421 g/mol. The Kier molecular flexibility index (Phi) is 5.60. The molecule has 0 unspecified atom stereocenters. The van der Waals surface area contributed by atoms with E-state index in [4.69, 9.17) is 11.6 Å². The van der Waals surface area contributed by atoms with Gasteiger partial charge in [0, 0.05) is 47.0 Å². The van der Waals surface area contributed by atoms with E-state index in [0.29, 0.717) is 36.9 Å². The first-order valence-electron chi connectivity index (χ1n) is 7.89. The maximum absolute atomic E-state index is 12.3. The smallest absolute Gasteiger partial charge is 0.313 e. The fraction of sp³-hybridized carbons (Fsp3) is 0.222. The van der Waals surface area contributed by atoms with Crippen LogP contribution in [0.2, 0.25) is 5.02 Å². The molecule has 5 nitrogen and oxygen atoms in total. The number of halogens is 2. The lowest BCUT2D eigenvalue weighted by Gasteiger charge is -2.35.